The summed E-state index contributed by atoms with van der Waals surface area (Å²) >= 11 is 0. The van der Waals surface area contributed by atoms with Crippen molar-refractivity contribution in [1.82, 2.24) is 5.06 Å². The van der Waals surface area contributed by atoms with E-state index in [0.29, 0.717) is 5.92 Å². The van der Waals surface area contributed by atoms with Gasteiger partial charge in [-0.15, -0.1) is 0 Å². The van der Waals surface area contributed by atoms with Gasteiger partial charge in [0.1, 0.15) is 5.72 Å². The van der Waals surface area contributed by atoms with Crippen LogP contribution >= 0.6 is 0 Å². The largest absolute Gasteiger partial charge is 0.783 e. The van der Waals surface area contributed by atoms with Gasteiger partial charge in [0.25, 0.3) is 0 Å². The molecule has 0 aromatic rings. The first kappa shape index (κ1) is 12.0. The molecule has 0 aromatic heterocycles. The van der Waals surface area contributed by atoms with Gasteiger partial charge in [-0.1, -0.05) is 6.92 Å². The van der Waals surface area contributed by atoms with Crippen LogP contribution in [-0.2, 0) is 4.74 Å². The van der Waals surface area contributed by atoms with Crippen molar-refractivity contribution in [2.45, 2.75) is 65.3 Å². The van der Waals surface area contributed by atoms with Crippen molar-refractivity contribution < 1.29 is 4.74 Å². The molecule has 3 nitrogen and oxygen atoms in total. The number of rotatable bonds is 5. The van der Waals surface area contributed by atoms with E-state index in [4.69, 9.17) is 4.74 Å². The molecule has 1 aliphatic rings. The lowest BCUT2D eigenvalue weighted by atomic mass is 10.1. The minimum absolute atomic E-state index is 0.0868. The van der Waals surface area contributed by atoms with Gasteiger partial charge in [0, 0.05) is 0 Å². The summed E-state index contributed by atoms with van der Waals surface area (Å²) in [7, 11) is 0. The SMILES string of the molecule is CC(C)OC(C)(C)N([O-])C(C)C1CC1. The summed E-state index contributed by atoms with van der Waals surface area (Å²) in [6.45, 7) is 9.60. The molecule has 1 saturated carbocycles. The number of nitrogens with zero attached hydrogens (tertiary/aromatic N) is 1. The van der Waals surface area contributed by atoms with E-state index in [1.165, 1.54) is 12.8 Å². The second kappa shape index (κ2) is 4.17. The molecule has 1 atom stereocenters. The topological polar surface area (TPSA) is 35.5 Å². The highest BCUT2D eigenvalue weighted by Gasteiger charge is 2.34. The summed E-state index contributed by atoms with van der Waals surface area (Å²) in [4.78, 5) is 0. The van der Waals surface area contributed by atoms with Crippen molar-refractivity contribution in [3.05, 3.63) is 5.21 Å². The van der Waals surface area contributed by atoms with Gasteiger partial charge in [0.05, 0.1) is 6.10 Å². The predicted octanol–water partition coefficient (Wildman–Crippen LogP) is 2.75. The van der Waals surface area contributed by atoms with Gasteiger partial charge in [0.2, 0.25) is 0 Å². The van der Waals surface area contributed by atoms with E-state index < -0.39 is 5.72 Å². The Morgan fingerprint density at radius 2 is 1.79 bits per heavy atom. The summed E-state index contributed by atoms with van der Waals surface area (Å²) in [6, 6.07) is 0.0868. The number of hydroxylamine groups is 2. The summed E-state index contributed by atoms with van der Waals surface area (Å²) in [6.07, 6.45) is 2.47. The number of hydrogen-bond acceptors (Lipinski definition) is 3. The molecule has 0 radical (unpaired) electrons. The van der Waals surface area contributed by atoms with E-state index in [1.807, 2.05) is 34.6 Å². The highest BCUT2D eigenvalue weighted by molar-refractivity contribution is 4.89. The van der Waals surface area contributed by atoms with E-state index in [1.54, 1.807) is 0 Å². The van der Waals surface area contributed by atoms with Gasteiger partial charge >= 0.3 is 0 Å². The Bertz CT molecular complexity index is 188. The molecule has 3 heteroatoms. The normalized spacial score (nSPS) is 20.6. The monoisotopic (exact) mass is 200 g/mol. The van der Waals surface area contributed by atoms with Crippen LogP contribution in [-0.4, -0.2) is 22.9 Å². The van der Waals surface area contributed by atoms with E-state index in [2.05, 4.69) is 0 Å². The number of ether oxygens (including phenoxy) is 1. The minimum atomic E-state index is -0.698. The van der Waals surface area contributed by atoms with Gasteiger partial charge < -0.3 is 15.0 Å². The van der Waals surface area contributed by atoms with E-state index >= 15 is 0 Å². The predicted molar refractivity (Wildman–Crippen MR) is 57.7 cm³/mol. The Labute approximate surface area is 87.0 Å². The van der Waals surface area contributed by atoms with Crippen molar-refractivity contribution in [3.8, 4) is 0 Å². The summed E-state index contributed by atoms with van der Waals surface area (Å²) in [5, 5.41) is 13.1. The minimum Gasteiger partial charge on any atom is -0.783 e. The van der Waals surface area contributed by atoms with Gasteiger partial charge in [-0.3, -0.25) is 0 Å². The lowest BCUT2D eigenvalue weighted by molar-refractivity contribution is -0.150. The summed E-state index contributed by atoms with van der Waals surface area (Å²) < 4.78 is 5.61. The fourth-order valence-corrected chi connectivity index (χ4v) is 1.89. The molecule has 0 amide bonds. The zero-order valence-electron chi connectivity index (χ0n) is 9.91. The summed E-state index contributed by atoms with van der Waals surface area (Å²) in [5.41, 5.74) is -0.698. The third-order valence-corrected chi connectivity index (χ3v) is 2.73. The quantitative estimate of drug-likeness (QED) is 0.505. The van der Waals surface area contributed by atoms with Crippen LogP contribution in [0.5, 0.6) is 0 Å². The van der Waals surface area contributed by atoms with E-state index in [-0.39, 0.29) is 12.1 Å². The highest BCUT2D eigenvalue weighted by atomic mass is 16.6. The Hall–Kier alpha value is -0.120. The molecule has 0 spiro atoms. The average molecular weight is 200 g/mol. The highest BCUT2D eigenvalue weighted by Crippen LogP contribution is 2.37. The third kappa shape index (κ3) is 2.94. The summed E-state index contributed by atoms with van der Waals surface area (Å²) in [5.74, 6) is 0.586. The Morgan fingerprint density at radius 3 is 2.14 bits per heavy atom. The maximum absolute atomic E-state index is 12.0. The first-order chi connectivity index (χ1) is 6.34. The molecular weight excluding hydrogens is 178 g/mol. The maximum Gasteiger partial charge on any atom is 0.105 e. The second-order valence-electron chi connectivity index (χ2n) is 5.02. The van der Waals surface area contributed by atoms with Crippen LogP contribution in [0.1, 0.15) is 47.5 Å². The van der Waals surface area contributed by atoms with Crippen molar-refractivity contribution >= 4 is 0 Å². The fourth-order valence-electron chi connectivity index (χ4n) is 1.89. The second-order valence-corrected chi connectivity index (χ2v) is 5.02. The molecular formula is C11H22NO2-. The molecule has 84 valence electrons. The van der Waals surface area contributed by atoms with Crippen LogP contribution in [0.2, 0.25) is 0 Å². The lowest BCUT2D eigenvalue weighted by Gasteiger charge is -2.48. The Kier molecular flexibility index (Phi) is 3.56. The third-order valence-electron chi connectivity index (χ3n) is 2.73. The van der Waals surface area contributed by atoms with Crippen molar-refractivity contribution in [1.29, 1.82) is 0 Å². The van der Waals surface area contributed by atoms with E-state index in [9.17, 15) is 5.21 Å². The molecule has 0 N–H and O–H groups in total. The molecule has 0 aromatic carbocycles. The molecule has 1 fully saturated rings. The molecule has 0 aliphatic heterocycles. The standard InChI is InChI=1S/C11H22NO2/c1-8(2)14-11(4,5)12(13)9(3)10-6-7-10/h8-10H,6-7H2,1-5H3/q-1. The van der Waals surface area contributed by atoms with Gasteiger partial charge in [-0.05, 0) is 52.5 Å². The van der Waals surface area contributed by atoms with Crippen molar-refractivity contribution in [2.24, 2.45) is 5.92 Å². The molecule has 0 bridgehead atoms. The zero-order valence-corrected chi connectivity index (χ0v) is 9.91. The van der Waals surface area contributed by atoms with Crippen LogP contribution in [0.4, 0.5) is 0 Å². The van der Waals surface area contributed by atoms with Gasteiger partial charge in [-0.2, -0.15) is 0 Å². The molecule has 1 rings (SSSR count). The fraction of sp³-hybridized carbons (Fsp3) is 1.00. The molecule has 1 unspecified atom stereocenters. The molecule has 0 heterocycles. The van der Waals surface area contributed by atoms with E-state index in [0.717, 1.165) is 5.06 Å². The Morgan fingerprint density at radius 1 is 1.29 bits per heavy atom. The molecule has 14 heavy (non-hydrogen) atoms. The Balaban J connectivity index is 2.51. The average Bonchev–Trinajstić information content (AvgIpc) is 2.81. The van der Waals surface area contributed by atoms with Gasteiger partial charge in [-0.25, -0.2) is 0 Å². The zero-order chi connectivity index (χ0) is 10.9. The first-order valence-corrected chi connectivity index (χ1v) is 5.49. The van der Waals surface area contributed by atoms with Crippen LogP contribution in [0.15, 0.2) is 0 Å². The maximum atomic E-state index is 12.0. The molecule has 1 aliphatic carbocycles. The van der Waals surface area contributed by atoms with Crippen LogP contribution in [0, 0.1) is 11.1 Å². The van der Waals surface area contributed by atoms with Crippen LogP contribution < -0.4 is 0 Å². The smallest absolute Gasteiger partial charge is 0.105 e. The molecule has 0 saturated heterocycles. The lowest BCUT2D eigenvalue weighted by Crippen LogP contribution is -2.49. The van der Waals surface area contributed by atoms with Crippen LogP contribution in [0.25, 0.3) is 0 Å². The van der Waals surface area contributed by atoms with Crippen molar-refractivity contribution in [2.75, 3.05) is 0 Å². The van der Waals surface area contributed by atoms with Crippen LogP contribution in [0.3, 0.4) is 0 Å². The number of hydrogen-bond donors (Lipinski definition) is 0. The first-order valence-electron chi connectivity index (χ1n) is 5.49. The van der Waals surface area contributed by atoms with Crippen molar-refractivity contribution in [3.63, 3.8) is 0 Å². The van der Waals surface area contributed by atoms with Gasteiger partial charge in [0.15, 0.2) is 0 Å².